The zero-order chi connectivity index (χ0) is 10.7. The molecule has 2 aliphatic rings. The van der Waals surface area contributed by atoms with E-state index in [4.69, 9.17) is 10.5 Å². The van der Waals surface area contributed by atoms with Crippen LogP contribution in [0.25, 0.3) is 0 Å². The SMILES string of the molecule is NCC1CCN(C2CCCCC2)C(=O)O1. The molecule has 1 heterocycles. The number of rotatable bonds is 2. The zero-order valence-corrected chi connectivity index (χ0v) is 9.15. The number of carbonyl (C=O) groups is 1. The molecule has 2 fully saturated rings. The lowest BCUT2D eigenvalue weighted by Crippen LogP contribution is -2.49. The van der Waals surface area contributed by atoms with Crippen molar-refractivity contribution in [2.24, 2.45) is 5.73 Å². The second-order valence-corrected chi connectivity index (χ2v) is 4.52. The second-order valence-electron chi connectivity index (χ2n) is 4.52. The third-order valence-electron chi connectivity index (χ3n) is 3.47. The molecule has 1 atom stereocenters. The van der Waals surface area contributed by atoms with E-state index >= 15 is 0 Å². The molecule has 1 aliphatic heterocycles. The van der Waals surface area contributed by atoms with Gasteiger partial charge in [0.1, 0.15) is 6.10 Å². The van der Waals surface area contributed by atoms with Crippen LogP contribution in [0.1, 0.15) is 38.5 Å². The number of nitrogens with zero attached hydrogens (tertiary/aromatic N) is 1. The van der Waals surface area contributed by atoms with Crippen LogP contribution in [0.15, 0.2) is 0 Å². The van der Waals surface area contributed by atoms with Crippen LogP contribution in [0.5, 0.6) is 0 Å². The summed E-state index contributed by atoms with van der Waals surface area (Å²) in [5.41, 5.74) is 5.49. The van der Waals surface area contributed by atoms with Gasteiger partial charge in [-0.15, -0.1) is 0 Å². The molecule has 86 valence electrons. The van der Waals surface area contributed by atoms with Gasteiger partial charge >= 0.3 is 6.09 Å². The molecule has 0 spiro atoms. The molecular weight excluding hydrogens is 192 g/mol. The lowest BCUT2D eigenvalue weighted by Gasteiger charge is -2.38. The Morgan fingerprint density at radius 2 is 2.00 bits per heavy atom. The summed E-state index contributed by atoms with van der Waals surface area (Å²) in [4.78, 5) is 13.6. The van der Waals surface area contributed by atoms with E-state index in [2.05, 4.69) is 0 Å². The normalized spacial score (nSPS) is 29.0. The lowest BCUT2D eigenvalue weighted by molar-refractivity contribution is 0.00923. The van der Waals surface area contributed by atoms with Crippen LogP contribution in [-0.4, -0.2) is 36.2 Å². The van der Waals surface area contributed by atoms with Gasteiger partial charge in [0.15, 0.2) is 0 Å². The molecule has 0 radical (unpaired) electrons. The Labute approximate surface area is 90.8 Å². The van der Waals surface area contributed by atoms with Crippen molar-refractivity contribution in [2.75, 3.05) is 13.1 Å². The first-order valence-electron chi connectivity index (χ1n) is 5.98. The van der Waals surface area contributed by atoms with Gasteiger partial charge in [-0.3, -0.25) is 0 Å². The Bertz CT molecular complexity index is 227. The Morgan fingerprint density at radius 1 is 1.27 bits per heavy atom. The van der Waals surface area contributed by atoms with Crippen molar-refractivity contribution >= 4 is 6.09 Å². The molecule has 1 saturated carbocycles. The maximum absolute atomic E-state index is 11.7. The Kier molecular flexibility index (Phi) is 3.46. The molecular formula is C11H20N2O2. The van der Waals surface area contributed by atoms with Crippen molar-refractivity contribution in [1.82, 2.24) is 4.90 Å². The van der Waals surface area contributed by atoms with Crippen LogP contribution < -0.4 is 5.73 Å². The average Bonchev–Trinajstić information content (AvgIpc) is 2.30. The van der Waals surface area contributed by atoms with Gasteiger partial charge in [-0.25, -0.2) is 4.79 Å². The first kappa shape index (κ1) is 10.7. The summed E-state index contributed by atoms with van der Waals surface area (Å²) < 4.78 is 5.26. The number of ether oxygens (including phenoxy) is 1. The van der Waals surface area contributed by atoms with Crippen LogP contribution in [-0.2, 0) is 4.74 Å². The van der Waals surface area contributed by atoms with Crippen LogP contribution in [0.2, 0.25) is 0 Å². The summed E-state index contributed by atoms with van der Waals surface area (Å²) in [5, 5.41) is 0. The molecule has 2 N–H and O–H groups in total. The van der Waals surface area contributed by atoms with E-state index in [0.29, 0.717) is 12.6 Å². The second kappa shape index (κ2) is 4.84. The van der Waals surface area contributed by atoms with Crippen molar-refractivity contribution < 1.29 is 9.53 Å². The van der Waals surface area contributed by atoms with Crippen molar-refractivity contribution in [2.45, 2.75) is 50.7 Å². The van der Waals surface area contributed by atoms with Gasteiger partial charge < -0.3 is 15.4 Å². The topological polar surface area (TPSA) is 55.6 Å². The molecule has 1 saturated heterocycles. The molecule has 0 aromatic rings. The van der Waals surface area contributed by atoms with E-state index in [1.807, 2.05) is 4.90 Å². The van der Waals surface area contributed by atoms with Crippen LogP contribution in [0.4, 0.5) is 4.79 Å². The van der Waals surface area contributed by atoms with Crippen LogP contribution in [0.3, 0.4) is 0 Å². The zero-order valence-electron chi connectivity index (χ0n) is 9.15. The highest BCUT2D eigenvalue weighted by Crippen LogP contribution is 2.25. The van der Waals surface area contributed by atoms with E-state index in [1.54, 1.807) is 0 Å². The number of nitrogens with two attached hydrogens (primary N) is 1. The van der Waals surface area contributed by atoms with Crippen LogP contribution >= 0.6 is 0 Å². The Hall–Kier alpha value is -0.770. The van der Waals surface area contributed by atoms with Crippen molar-refractivity contribution in [3.63, 3.8) is 0 Å². The minimum absolute atomic E-state index is 0.0580. The molecule has 2 rings (SSSR count). The molecule has 0 aromatic carbocycles. The summed E-state index contributed by atoms with van der Waals surface area (Å²) in [5.74, 6) is 0. The van der Waals surface area contributed by atoms with Gasteiger partial charge in [0, 0.05) is 25.6 Å². The smallest absolute Gasteiger partial charge is 0.410 e. The molecule has 1 unspecified atom stereocenters. The van der Waals surface area contributed by atoms with Crippen molar-refractivity contribution in [1.29, 1.82) is 0 Å². The highest BCUT2D eigenvalue weighted by atomic mass is 16.6. The summed E-state index contributed by atoms with van der Waals surface area (Å²) in [6, 6.07) is 0.421. The molecule has 0 aromatic heterocycles. The number of hydrogen-bond acceptors (Lipinski definition) is 3. The van der Waals surface area contributed by atoms with Gasteiger partial charge in [0.05, 0.1) is 0 Å². The molecule has 1 aliphatic carbocycles. The van der Waals surface area contributed by atoms with Gasteiger partial charge in [0.25, 0.3) is 0 Å². The fourth-order valence-corrected chi connectivity index (χ4v) is 2.53. The van der Waals surface area contributed by atoms with E-state index < -0.39 is 0 Å². The van der Waals surface area contributed by atoms with E-state index in [-0.39, 0.29) is 12.2 Å². The van der Waals surface area contributed by atoms with Gasteiger partial charge in [-0.1, -0.05) is 19.3 Å². The summed E-state index contributed by atoms with van der Waals surface area (Å²) in [7, 11) is 0. The van der Waals surface area contributed by atoms with Crippen LogP contribution in [0, 0.1) is 0 Å². The number of cyclic esters (lactones) is 1. The van der Waals surface area contributed by atoms with Gasteiger partial charge in [-0.05, 0) is 12.8 Å². The molecule has 0 bridgehead atoms. The van der Waals surface area contributed by atoms with E-state index in [1.165, 1.54) is 19.3 Å². The summed E-state index contributed by atoms with van der Waals surface area (Å²) >= 11 is 0. The average molecular weight is 212 g/mol. The highest BCUT2D eigenvalue weighted by molar-refractivity contribution is 5.69. The lowest BCUT2D eigenvalue weighted by atomic mass is 9.94. The molecule has 4 nitrogen and oxygen atoms in total. The summed E-state index contributed by atoms with van der Waals surface area (Å²) in [6.45, 7) is 1.27. The number of hydrogen-bond donors (Lipinski definition) is 1. The first-order valence-corrected chi connectivity index (χ1v) is 5.98. The molecule has 4 heteroatoms. The predicted octanol–water partition coefficient (Wildman–Crippen LogP) is 1.49. The molecule has 15 heavy (non-hydrogen) atoms. The first-order chi connectivity index (χ1) is 7.31. The quantitative estimate of drug-likeness (QED) is 0.754. The number of amides is 1. The third kappa shape index (κ3) is 2.43. The Morgan fingerprint density at radius 3 is 2.60 bits per heavy atom. The van der Waals surface area contributed by atoms with Crippen molar-refractivity contribution in [3.8, 4) is 0 Å². The maximum Gasteiger partial charge on any atom is 0.410 e. The minimum atomic E-state index is -0.149. The fraction of sp³-hybridized carbons (Fsp3) is 0.909. The summed E-state index contributed by atoms with van der Waals surface area (Å²) in [6.07, 6.45) is 6.76. The standard InChI is InChI=1S/C11H20N2O2/c12-8-10-6-7-13(11(14)15-10)9-4-2-1-3-5-9/h9-10H,1-8,12H2. The van der Waals surface area contributed by atoms with Gasteiger partial charge in [0.2, 0.25) is 0 Å². The monoisotopic (exact) mass is 212 g/mol. The minimum Gasteiger partial charge on any atom is -0.445 e. The largest absolute Gasteiger partial charge is 0.445 e. The van der Waals surface area contributed by atoms with E-state index in [9.17, 15) is 4.79 Å². The van der Waals surface area contributed by atoms with Gasteiger partial charge in [-0.2, -0.15) is 0 Å². The fourth-order valence-electron chi connectivity index (χ4n) is 2.53. The maximum atomic E-state index is 11.7. The molecule has 1 amide bonds. The predicted molar refractivity (Wildman–Crippen MR) is 57.5 cm³/mol. The van der Waals surface area contributed by atoms with Crippen molar-refractivity contribution in [3.05, 3.63) is 0 Å². The Balaban J connectivity index is 1.90. The van der Waals surface area contributed by atoms with E-state index in [0.717, 1.165) is 25.8 Å². The number of carbonyl (C=O) groups excluding carboxylic acids is 1. The highest BCUT2D eigenvalue weighted by Gasteiger charge is 2.31. The third-order valence-corrected chi connectivity index (χ3v) is 3.47.